The van der Waals surface area contributed by atoms with Gasteiger partial charge in [0.15, 0.2) is 5.82 Å². The Balaban J connectivity index is 2.14. The molecule has 1 aliphatic rings. The Bertz CT molecular complexity index is 679. The maximum Gasteiger partial charge on any atom is 0.222 e. The number of nitrogens with two attached hydrogens (primary N) is 2. The number of methoxy groups -OCH3 is 1. The van der Waals surface area contributed by atoms with Gasteiger partial charge < -0.3 is 16.2 Å². The summed E-state index contributed by atoms with van der Waals surface area (Å²) >= 11 is 0. The molecule has 6 nitrogen and oxygen atoms in total. The quantitative estimate of drug-likeness (QED) is 0.657. The highest BCUT2D eigenvalue weighted by atomic mass is 16.5. The van der Waals surface area contributed by atoms with E-state index in [1.807, 2.05) is 18.2 Å². The number of hydrogen-bond acceptors (Lipinski definition) is 5. The molecule has 1 aromatic carbocycles. The Morgan fingerprint density at radius 1 is 1.35 bits per heavy atom. The number of para-hydroxylation sites is 1. The third-order valence-electron chi connectivity index (χ3n) is 3.67. The van der Waals surface area contributed by atoms with Crippen molar-refractivity contribution >= 4 is 28.5 Å². The van der Waals surface area contributed by atoms with E-state index in [9.17, 15) is 0 Å². The van der Waals surface area contributed by atoms with Crippen molar-refractivity contribution in [2.24, 2.45) is 16.6 Å². The van der Waals surface area contributed by atoms with Crippen molar-refractivity contribution in [1.29, 1.82) is 0 Å². The van der Waals surface area contributed by atoms with E-state index in [0.29, 0.717) is 28.8 Å². The van der Waals surface area contributed by atoms with Gasteiger partial charge in [0.05, 0.1) is 7.11 Å². The predicted octanol–water partition coefficient (Wildman–Crippen LogP) is 2.01. The lowest BCUT2D eigenvalue weighted by Crippen LogP contribution is -2.28. The van der Waals surface area contributed by atoms with Gasteiger partial charge in [-0.3, -0.25) is 0 Å². The maximum atomic E-state index is 6.04. The highest BCUT2D eigenvalue weighted by Crippen LogP contribution is 2.32. The summed E-state index contributed by atoms with van der Waals surface area (Å²) in [4.78, 5) is 12.9. The van der Waals surface area contributed by atoms with E-state index in [2.05, 4.69) is 15.0 Å². The minimum Gasteiger partial charge on any atom is -0.494 e. The summed E-state index contributed by atoms with van der Waals surface area (Å²) in [6, 6.07) is 5.60. The van der Waals surface area contributed by atoms with Crippen LogP contribution in [-0.4, -0.2) is 22.9 Å². The van der Waals surface area contributed by atoms with Crippen LogP contribution in [0.1, 0.15) is 19.3 Å². The molecule has 0 aliphatic heterocycles. The molecule has 3 rings (SSSR count). The molecule has 2 aromatic rings. The maximum absolute atomic E-state index is 6.04. The van der Waals surface area contributed by atoms with Crippen LogP contribution in [0.25, 0.3) is 10.9 Å². The zero-order chi connectivity index (χ0) is 14.1. The van der Waals surface area contributed by atoms with Crippen molar-refractivity contribution in [3.05, 3.63) is 18.2 Å². The van der Waals surface area contributed by atoms with E-state index in [0.717, 1.165) is 18.2 Å². The Morgan fingerprint density at radius 3 is 2.80 bits per heavy atom. The number of ether oxygens (including phenoxy) is 1. The van der Waals surface area contributed by atoms with Gasteiger partial charge in [0.25, 0.3) is 0 Å². The van der Waals surface area contributed by atoms with Crippen molar-refractivity contribution in [3.63, 3.8) is 0 Å². The number of benzene rings is 1. The lowest BCUT2D eigenvalue weighted by Gasteiger charge is -2.24. The molecular formula is C14H17N5O. The van der Waals surface area contributed by atoms with Crippen LogP contribution in [0.2, 0.25) is 0 Å². The molecule has 6 heteroatoms. The number of fused-ring (bicyclic) bond motifs is 1. The topological polar surface area (TPSA) is 99.4 Å². The lowest BCUT2D eigenvalue weighted by atomic mass is 9.84. The van der Waals surface area contributed by atoms with Gasteiger partial charge >= 0.3 is 0 Å². The largest absolute Gasteiger partial charge is 0.494 e. The van der Waals surface area contributed by atoms with Crippen molar-refractivity contribution in [3.8, 4) is 5.75 Å². The van der Waals surface area contributed by atoms with Crippen LogP contribution >= 0.6 is 0 Å². The van der Waals surface area contributed by atoms with Gasteiger partial charge in [-0.25, -0.2) is 9.98 Å². The van der Waals surface area contributed by atoms with Crippen LogP contribution in [0.3, 0.4) is 0 Å². The fraction of sp³-hybridized carbons (Fsp3) is 0.357. The molecule has 0 spiro atoms. The normalized spacial score (nSPS) is 16.1. The van der Waals surface area contributed by atoms with Crippen molar-refractivity contribution in [1.82, 2.24) is 9.97 Å². The second-order valence-electron chi connectivity index (χ2n) is 4.93. The number of rotatable bonds is 3. The fourth-order valence-electron chi connectivity index (χ4n) is 2.29. The van der Waals surface area contributed by atoms with E-state index in [-0.39, 0.29) is 5.95 Å². The van der Waals surface area contributed by atoms with Crippen LogP contribution in [-0.2, 0) is 0 Å². The smallest absolute Gasteiger partial charge is 0.222 e. The molecule has 1 saturated carbocycles. The third kappa shape index (κ3) is 2.13. The molecule has 0 atom stereocenters. The summed E-state index contributed by atoms with van der Waals surface area (Å²) in [5.74, 6) is 2.32. The molecular weight excluding hydrogens is 254 g/mol. The van der Waals surface area contributed by atoms with Crippen LogP contribution in [0.15, 0.2) is 23.2 Å². The molecule has 1 heterocycles. The summed E-state index contributed by atoms with van der Waals surface area (Å²) in [6.45, 7) is 0. The molecule has 1 aromatic heterocycles. The van der Waals surface area contributed by atoms with Crippen LogP contribution in [0.5, 0.6) is 5.75 Å². The number of nitrogen functional groups attached to an aromatic ring is 1. The number of aliphatic imine (C=N–C) groups is 1. The Kier molecular flexibility index (Phi) is 3.14. The molecule has 0 unspecified atom stereocenters. The second kappa shape index (κ2) is 4.96. The molecule has 0 bridgehead atoms. The predicted molar refractivity (Wildman–Crippen MR) is 79.1 cm³/mol. The first-order chi connectivity index (χ1) is 9.69. The molecule has 1 fully saturated rings. The van der Waals surface area contributed by atoms with E-state index in [1.165, 1.54) is 6.42 Å². The van der Waals surface area contributed by atoms with E-state index < -0.39 is 0 Å². The summed E-state index contributed by atoms with van der Waals surface area (Å²) < 4.78 is 5.30. The number of amidine groups is 1. The van der Waals surface area contributed by atoms with E-state index in [1.54, 1.807) is 7.11 Å². The first-order valence-electron chi connectivity index (χ1n) is 6.63. The Hall–Kier alpha value is -2.37. The van der Waals surface area contributed by atoms with Crippen LogP contribution < -0.4 is 16.2 Å². The summed E-state index contributed by atoms with van der Waals surface area (Å²) in [6.07, 6.45) is 3.40. The monoisotopic (exact) mass is 271 g/mol. The minimum atomic E-state index is 0.169. The Labute approximate surface area is 116 Å². The highest BCUT2D eigenvalue weighted by molar-refractivity contribution is 5.96. The average molecular weight is 271 g/mol. The first-order valence-corrected chi connectivity index (χ1v) is 6.63. The van der Waals surface area contributed by atoms with Gasteiger partial charge in [-0.1, -0.05) is 12.5 Å². The van der Waals surface area contributed by atoms with Gasteiger partial charge in [-0.2, -0.15) is 4.98 Å². The molecule has 104 valence electrons. The minimum absolute atomic E-state index is 0.169. The SMILES string of the molecule is COc1cccc2c(N=C(N)C3CCC3)nc(N)nc12. The standard InChI is InChI=1S/C14H17N5O/c1-20-10-7-3-6-9-11(10)17-14(16)19-13(9)18-12(15)8-4-2-5-8/h3,6-8H,2,4-5H2,1H3,(H4,15,16,17,18,19). The molecule has 1 aliphatic carbocycles. The molecule has 0 saturated heterocycles. The average Bonchev–Trinajstić information content (AvgIpc) is 2.35. The molecule has 4 N–H and O–H groups in total. The molecule has 20 heavy (non-hydrogen) atoms. The van der Waals surface area contributed by atoms with Crippen LogP contribution in [0.4, 0.5) is 11.8 Å². The number of hydrogen-bond donors (Lipinski definition) is 2. The van der Waals surface area contributed by atoms with E-state index >= 15 is 0 Å². The highest BCUT2D eigenvalue weighted by Gasteiger charge is 2.21. The third-order valence-corrected chi connectivity index (χ3v) is 3.67. The van der Waals surface area contributed by atoms with Gasteiger partial charge in [0.1, 0.15) is 17.1 Å². The second-order valence-corrected chi connectivity index (χ2v) is 4.93. The van der Waals surface area contributed by atoms with Gasteiger partial charge in [-0.15, -0.1) is 0 Å². The number of nitrogens with zero attached hydrogens (tertiary/aromatic N) is 3. The summed E-state index contributed by atoms with van der Waals surface area (Å²) in [5, 5.41) is 0.792. The van der Waals surface area contributed by atoms with Crippen molar-refractivity contribution in [2.45, 2.75) is 19.3 Å². The lowest BCUT2D eigenvalue weighted by molar-refractivity contribution is 0.411. The number of anilines is 1. The van der Waals surface area contributed by atoms with Crippen LogP contribution in [0, 0.1) is 5.92 Å². The van der Waals surface area contributed by atoms with E-state index in [4.69, 9.17) is 16.2 Å². The first kappa shape index (κ1) is 12.7. The van der Waals surface area contributed by atoms with Crippen molar-refractivity contribution < 1.29 is 4.74 Å². The van der Waals surface area contributed by atoms with Crippen molar-refractivity contribution in [2.75, 3.05) is 12.8 Å². The van der Waals surface area contributed by atoms with Gasteiger partial charge in [0, 0.05) is 11.3 Å². The molecule has 0 amide bonds. The van der Waals surface area contributed by atoms with Gasteiger partial charge in [0.2, 0.25) is 5.95 Å². The summed E-state index contributed by atoms with van der Waals surface area (Å²) in [7, 11) is 1.60. The zero-order valence-electron chi connectivity index (χ0n) is 11.3. The number of aromatic nitrogens is 2. The molecule has 0 radical (unpaired) electrons. The van der Waals surface area contributed by atoms with Gasteiger partial charge in [-0.05, 0) is 25.0 Å². The zero-order valence-corrected chi connectivity index (χ0v) is 11.3. The Morgan fingerprint density at radius 2 is 2.15 bits per heavy atom. The summed E-state index contributed by atoms with van der Waals surface area (Å²) in [5.41, 5.74) is 12.5. The fourth-order valence-corrected chi connectivity index (χ4v) is 2.29.